The van der Waals surface area contributed by atoms with Gasteiger partial charge < -0.3 is 9.84 Å². The van der Waals surface area contributed by atoms with Crippen molar-refractivity contribution in [3.8, 4) is 16.2 Å². The number of carboxylic acid groups (broad SMARTS) is 1. The molecule has 0 unspecified atom stereocenters. The van der Waals surface area contributed by atoms with Crippen molar-refractivity contribution in [2.75, 3.05) is 7.11 Å². The van der Waals surface area contributed by atoms with Gasteiger partial charge in [0.25, 0.3) is 0 Å². The zero-order valence-electron chi connectivity index (χ0n) is 15.7. The van der Waals surface area contributed by atoms with Crippen LogP contribution in [-0.4, -0.2) is 24.0 Å². The second-order valence-electron chi connectivity index (χ2n) is 6.66. The van der Waals surface area contributed by atoms with Crippen LogP contribution in [0.15, 0.2) is 72.8 Å². The first-order chi connectivity index (χ1) is 14.0. The van der Waals surface area contributed by atoms with Crippen LogP contribution < -0.4 is 4.74 Å². The Bertz CT molecular complexity index is 1170. The Labute approximate surface area is 172 Å². The number of carbonyl (C=O) groups is 2. The van der Waals surface area contributed by atoms with Crippen LogP contribution in [0.1, 0.15) is 26.3 Å². The van der Waals surface area contributed by atoms with Crippen molar-refractivity contribution in [1.82, 2.24) is 0 Å². The molecular weight excluding hydrogens is 384 g/mol. The third kappa shape index (κ3) is 3.91. The number of methoxy groups -OCH3 is 1. The van der Waals surface area contributed by atoms with Gasteiger partial charge in [-0.3, -0.25) is 4.79 Å². The zero-order chi connectivity index (χ0) is 20.4. The normalized spacial score (nSPS) is 10.8. The molecule has 144 valence electrons. The van der Waals surface area contributed by atoms with E-state index in [0.717, 1.165) is 16.0 Å². The van der Waals surface area contributed by atoms with Gasteiger partial charge in [0.1, 0.15) is 5.75 Å². The smallest absolute Gasteiger partial charge is 0.335 e. The first-order valence-electron chi connectivity index (χ1n) is 9.07. The fourth-order valence-corrected chi connectivity index (χ4v) is 4.33. The molecule has 4 aromatic rings. The average Bonchev–Trinajstić information content (AvgIpc) is 3.18. The van der Waals surface area contributed by atoms with Crippen molar-refractivity contribution in [1.29, 1.82) is 0 Å². The van der Waals surface area contributed by atoms with E-state index < -0.39 is 5.97 Å². The lowest BCUT2D eigenvalue weighted by Gasteiger charge is -2.10. The van der Waals surface area contributed by atoms with E-state index in [1.54, 1.807) is 30.6 Å². The molecule has 1 aromatic heterocycles. The molecule has 0 atom stereocenters. The molecule has 0 saturated carbocycles. The average molecular weight is 402 g/mol. The van der Waals surface area contributed by atoms with E-state index in [-0.39, 0.29) is 17.8 Å². The van der Waals surface area contributed by atoms with E-state index in [9.17, 15) is 9.59 Å². The maximum absolute atomic E-state index is 12.8. The Morgan fingerprint density at radius 1 is 0.931 bits per heavy atom. The molecule has 0 amide bonds. The Balaban J connectivity index is 1.64. The number of aromatic carboxylic acids is 1. The highest BCUT2D eigenvalue weighted by Crippen LogP contribution is 2.35. The number of rotatable bonds is 6. The number of carboxylic acids is 1. The van der Waals surface area contributed by atoms with Gasteiger partial charge >= 0.3 is 5.97 Å². The Morgan fingerprint density at radius 2 is 1.66 bits per heavy atom. The molecule has 0 aliphatic rings. The van der Waals surface area contributed by atoms with Crippen molar-refractivity contribution < 1.29 is 19.4 Å². The number of hydrogen-bond acceptors (Lipinski definition) is 4. The lowest BCUT2D eigenvalue weighted by molar-refractivity contribution is 0.0696. The van der Waals surface area contributed by atoms with E-state index in [1.807, 2.05) is 30.3 Å². The summed E-state index contributed by atoms with van der Waals surface area (Å²) in [6.45, 7) is 0. The van der Waals surface area contributed by atoms with Gasteiger partial charge in [0.2, 0.25) is 0 Å². The van der Waals surface area contributed by atoms with Gasteiger partial charge in [0, 0.05) is 27.1 Å². The van der Waals surface area contributed by atoms with Crippen LogP contribution in [0, 0.1) is 0 Å². The molecule has 29 heavy (non-hydrogen) atoms. The molecule has 0 saturated heterocycles. The van der Waals surface area contributed by atoms with Crippen molar-refractivity contribution in [2.45, 2.75) is 6.42 Å². The van der Waals surface area contributed by atoms with Crippen molar-refractivity contribution >= 4 is 33.2 Å². The quantitative estimate of drug-likeness (QED) is 0.420. The van der Waals surface area contributed by atoms with E-state index >= 15 is 0 Å². The number of benzene rings is 3. The number of hydrogen-bond donors (Lipinski definition) is 1. The fourth-order valence-electron chi connectivity index (χ4n) is 3.27. The lowest BCUT2D eigenvalue weighted by Crippen LogP contribution is -2.06. The molecule has 4 nitrogen and oxygen atoms in total. The van der Waals surface area contributed by atoms with Crippen LogP contribution in [0.2, 0.25) is 0 Å². The van der Waals surface area contributed by atoms with Gasteiger partial charge in [-0.2, -0.15) is 0 Å². The van der Waals surface area contributed by atoms with Gasteiger partial charge in [-0.15, -0.1) is 11.3 Å². The molecule has 0 aliphatic heterocycles. The summed E-state index contributed by atoms with van der Waals surface area (Å²) < 4.78 is 6.67. The predicted molar refractivity (Wildman–Crippen MR) is 115 cm³/mol. The molecule has 0 fully saturated rings. The summed E-state index contributed by atoms with van der Waals surface area (Å²) in [7, 11) is 1.59. The third-order valence-corrected chi connectivity index (χ3v) is 5.96. The maximum atomic E-state index is 12.8. The molecule has 3 aromatic carbocycles. The summed E-state index contributed by atoms with van der Waals surface area (Å²) in [5.74, 6) is -0.444. The molecule has 0 bridgehead atoms. The highest BCUT2D eigenvalue weighted by atomic mass is 32.1. The Kier molecular flexibility index (Phi) is 5.14. The summed E-state index contributed by atoms with van der Waals surface area (Å²) in [5, 5.41) is 10.2. The summed E-state index contributed by atoms with van der Waals surface area (Å²) >= 11 is 1.71. The third-order valence-electron chi connectivity index (χ3n) is 4.80. The van der Waals surface area contributed by atoms with Gasteiger partial charge in [0.15, 0.2) is 5.78 Å². The molecule has 1 N–H and O–H groups in total. The van der Waals surface area contributed by atoms with Gasteiger partial charge in [-0.25, -0.2) is 4.79 Å². The van der Waals surface area contributed by atoms with Crippen molar-refractivity contribution in [3.05, 3.63) is 89.5 Å². The predicted octanol–water partition coefficient (Wildman–Crippen LogP) is 5.70. The van der Waals surface area contributed by atoms with Crippen LogP contribution in [0.25, 0.3) is 20.5 Å². The van der Waals surface area contributed by atoms with E-state index in [0.29, 0.717) is 11.3 Å². The van der Waals surface area contributed by atoms with Crippen LogP contribution in [0.3, 0.4) is 0 Å². The number of Topliss-reactive ketones (excluding diaryl/α,β-unsaturated/α-hetero) is 1. The van der Waals surface area contributed by atoms with Crippen LogP contribution >= 0.6 is 11.3 Å². The molecule has 0 radical (unpaired) electrons. The SMILES string of the molecule is COc1ccc(-c2cc3ccccc3s2)cc1CC(=O)c1ccc(C(=O)O)cc1. The second kappa shape index (κ2) is 7.89. The van der Waals surface area contributed by atoms with E-state index in [4.69, 9.17) is 9.84 Å². The first-order valence-corrected chi connectivity index (χ1v) is 9.89. The maximum Gasteiger partial charge on any atom is 0.335 e. The molecule has 5 heteroatoms. The fraction of sp³-hybridized carbons (Fsp3) is 0.0833. The van der Waals surface area contributed by atoms with Crippen molar-refractivity contribution in [2.24, 2.45) is 0 Å². The summed E-state index contributed by atoms with van der Waals surface area (Å²) in [4.78, 5) is 24.9. The van der Waals surface area contributed by atoms with E-state index in [1.165, 1.54) is 22.2 Å². The molecule has 1 heterocycles. The number of fused-ring (bicyclic) bond motifs is 1. The van der Waals surface area contributed by atoms with Crippen LogP contribution in [-0.2, 0) is 6.42 Å². The number of ketones is 1. The van der Waals surface area contributed by atoms with Gasteiger partial charge in [-0.1, -0.05) is 30.3 Å². The topological polar surface area (TPSA) is 63.6 Å². The van der Waals surface area contributed by atoms with Crippen molar-refractivity contribution in [3.63, 3.8) is 0 Å². The summed E-state index contributed by atoms with van der Waals surface area (Å²) in [6, 6.07) is 22.2. The van der Waals surface area contributed by atoms with Gasteiger partial charge in [-0.05, 0) is 53.4 Å². The summed E-state index contributed by atoms with van der Waals surface area (Å²) in [5.41, 5.74) is 2.47. The van der Waals surface area contributed by atoms with E-state index in [2.05, 4.69) is 18.2 Å². The number of carbonyl (C=O) groups excluding carboxylic acids is 1. The largest absolute Gasteiger partial charge is 0.496 e. The Hall–Kier alpha value is -3.44. The first kappa shape index (κ1) is 18.9. The van der Waals surface area contributed by atoms with Crippen LogP contribution in [0.4, 0.5) is 0 Å². The summed E-state index contributed by atoms with van der Waals surface area (Å²) in [6.07, 6.45) is 0.175. The minimum absolute atomic E-state index is 0.0891. The van der Waals surface area contributed by atoms with Gasteiger partial charge in [0.05, 0.1) is 12.7 Å². The standard InChI is InChI=1S/C24H18O4S/c1-28-21-11-10-18(23-14-17-4-2-3-5-22(17)29-23)12-19(21)13-20(25)15-6-8-16(9-7-15)24(26)27/h2-12,14H,13H2,1H3,(H,26,27). The minimum atomic E-state index is -1.01. The Morgan fingerprint density at radius 3 is 2.34 bits per heavy atom. The van der Waals surface area contributed by atoms with Crippen LogP contribution in [0.5, 0.6) is 5.75 Å². The lowest BCUT2D eigenvalue weighted by atomic mass is 9.99. The molecule has 0 aliphatic carbocycles. The monoisotopic (exact) mass is 402 g/mol. The number of ether oxygens (including phenoxy) is 1. The number of thiophene rings is 1. The highest BCUT2D eigenvalue weighted by Gasteiger charge is 2.14. The molecule has 0 spiro atoms. The zero-order valence-corrected chi connectivity index (χ0v) is 16.5. The minimum Gasteiger partial charge on any atom is -0.496 e. The highest BCUT2D eigenvalue weighted by molar-refractivity contribution is 7.22. The molecule has 4 rings (SSSR count). The second-order valence-corrected chi connectivity index (χ2v) is 7.74. The molecular formula is C24H18O4S.